The molecule has 0 amide bonds. The summed E-state index contributed by atoms with van der Waals surface area (Å²) in [5.74, 6) is -0.949. The third kappa shape index (κ3) is 3.89. The number of aromatic nitrogens is 1. The fraction of sp³-hybridized carbons (Fsp3) is 0.118. The highest BCUT2D eigenvalue weighted by Gasteiger charge is 2.18. The van der Waals surface area contributed by atoms with Crippen molar-refractivity contribution in [3.05, 3.63) is 64.0 Å². The van der Waals surface area contributed by atoms with Gasteiger partial charge in [-0.15, -0.1) is 11.3 Å². The quantitative estimate of drug-likeness (QED) is 0.620. The summed E-state index contributed by atoms with van der Waals surface area (Å²) in [5.41, 5.74) is 1.25. The van der Waals surface area contributed by atoms with Crippen molar-refractivity contribution in [1.29, 1.82) is 0 Å². The number of methoxy groups -OCH3 is 1. The summed E-state index contributed by atoms with van der Waals surface area (Å²) >= 11 is 7.18. The zero-order valence-corrected chi connectivity index (χ0v) is 14.6. The summed E-state index contributed by atoms with van der Waals surface area (Å²) in [4.78, 5) is 27.9. The molecule has 0 aliphatic heterocycles. The topological polar surface area (TPSA) is 78.6 Å². The molecular formula is C17H12ClNO5S. The number of ether oxygens (including phenoxy) is 2. The van der Waals surface area contributed by atoms with Crippen molar-refractivity contribution >= 4 is 34.9 Å². The van der Waals surface area contributed by atoms with Crippen LogP contribution in [0.15, 0.2) is 46.4 Å². The molecule has 3 aromatic rings. The average Bonchev–Trinajstić information content (AvgIpc) is 3.29. The van der Waals surface area contributed by atoms with Gasteiger partial charge in [-0.25, -0.2) is 14.6 Å². The Kier molecular flexibility index (Phi) is 5.16. The van der Waals surface area contributed by atoms with Crippen LogP contribution in [-0.4, -0.2) is 24.0 Å². The van der Waals surface area contributed by atoms with Gasteiger partial charge >= 0.3 is 11.9 Å². The second kappa shape index (κ2) is 7.50. The predicted octanol–water partition coefficient (Wildman–Crippen LogP) is 4.20. The first-order chi connectivity index (χ1) is 12.1. The number of halogens is 1. The Morgan fingerprint density at radius 1 is 1.20 bits per heavy atom. The van der Waals surface area contributed by atoms with Gasteiger partial charge < -0.3 is 13.9 Å². The van der Waals surface area contributed by atoms with Crippen LogP contribution in [0.2, 0.25) is 5.02 Å². The molecular weight excluding hydrogens is 366 g/mol. The van der Waals surface area contributed by atoms with E-state index in [-0.39, 0.29) is 23.6 Å². The molecule has 0 spiro atoms. The molecule has 128 valence electrons. The van der Waals surface area contributed by atoms with Crippen molar-refractivity contribution in [2.45, 2.75) is 6.61 Å². The Morgan fingerprint density at radius 2 is 1.96 bits per heavy atom. The second-order valence-corrected chi connectivity index (χ2v) is 6.16. The van der Waals surface area contributed by atoms with Crippen LogP contribution in [0.5, 0.6) is 0 Å². The van der Waals surface area contributed by atoms with Crippen molar-refractivity contribution in [2.75, 3.05) is 7.11 Å². The summed E-state index contributed by atoms with van der Waals surface area (Å²) in [6.45, 7) is -0.190. The van der Waals surface area contributed by atoms with Gasteiger partial charge in [0, 0.05) is 16.0 Å². The number of benzene rings is 1. The maximum atomic E-state index is 12.1. The van der Waals surface area contributed by atoms with Crippen LogP contribution in [0.25, 0.3) is 10.6 Å². The van der Waals surface area contributed by atoms with Crippen molar-refractivity contribution in [3.8, 4) is 10.6 Å². The summed E-state index contributed by atoms with van der Waals surface area (Å²) in [6, 6.07) is 8.60. The Labute approximate surface area is 152 Å². The molecule has 8 heteroatoms. The second-order valence-electron chi connectivity index (χ2n) is 4.87. The standard InChI is InChI=1S/C17H12ClNO5S/c1-22-16(20)12-6-7-23-14(12)8-24-17(21)13-9-25-15(19-13)10-2-4-11(18)5-3-10/h2-7,9H,8H2,1H3. The molecule has 1 aromatic carbocycles. The number of hydrogen-bond acceptors (Lipinski definition) is 7. The number of furan rings is 1. The number of thiazole rings is 1. The Bertz CT molecular complexity index is 900. The lowest BCUT2D eigenvalue weighted by molar-refractivity contribution is 0.0427. The number of hydrogen-bond donors (Lipinski definition) is 0. The van der Waals surface area contributed by atoms with E-state index in [1.54, 1.807) is 17.5 Å². The highest BCUT2D eigenvalue weighted by molar-refractivity contribution is 7.13. The van der Waals surface area contributed by atoms with Crippen molar-refractivity contribution in [1.82, 2.24) is 4.98 Å². The smallest absolute Gasteiger partial charge is 0.358 e. The lowest BCUT2D eigenvalue weighted by Crippen LogP contribution is -2.08. The fourth-order valence-corrected chi connectivity index (χ4v) is 2.96. The van der Waals surface area contributed by atoms with Crippen LogP contribution in [0, 0.1) is 0 Å². The molecule has 0 atom stereocenters. The molecule has 6 nitrogen and oxygen atoms in total. The largest absolute Gasteiger partial charge is 0.465 e. The lowest BCUT2D eigenvalue weighted by atomic mass is 10.2. The number of esters is 2. The zero-order chi connectivity index (χ0) is 17.8. The number of carbonyl (C=O) groups excluding carboxylic acids is 2. The minimum Gasteiger partial charge on any atom is -0.465 e. The SMILES string of the molecule is COC(=O)c1ccoc1COC(=O)c1csc(-c2ccc(Cl)cc2)n1. The van der Waals surface area contributed by atoms with Gasteiger partial charge in [-0.3, -0.25) is 0 Å². The Hall–Kier alpha value is -2.64. The highest BCUT2D eigenvalue weighted by atomic mass is 35.5. The molecule has 0 saturated carbocycles. The molecule has 25 heavy (non-hydrogen) atoms. The van der Waals surface area contributed by atoms with Gasteiger partial charge in [0.05, 0.1) is 13.4 Å². The fourth-order valence-electron chi connectivity index (χ4n) is 2.04. The monoisotopic (exact) mass is 377 g/mol. The van der Waals surface area contributed by atoms with Gasteiger partial charge in [0.25, 0.3) is 0 Å². The van der Waals surface area contributed by atoms with Crippen LogP contribution in [0.1, 0.15) is 26.6 Å². The van der Waals surface area contributed by atoms with Gasteiger partial charge in [0.1, 0.15) is 10.6 Å². The van der Waals surface area contributed by atoms with E-state index in [0.717, 1.165) is 5.56 Å². The third-order valence-corrected chi connectivity index (χ3v) is 4.43. The molecule has 2 heterocycles. The van der Waals surface area contributed by atoms with Gasteiger partial charge in [-0.1, -0.05) is 23.7 Å². The first-order valence-electron chi connectivity index (χ1n) is 7.11. The highest BCUT2D eigenvalue weighted by Crippen LogP contribution is 2.25. The molecule has 0 fully saturated rings. The molecule has 0 N–H and O–H groups in total. The molecule has 0 saturated heterocycles. The lowest BCUT2D eigenvalue weighted by Gasteiger charge is -2.02. The van der Waals surface area contributed by atoms with Gasteiger partial charge in [-0.2, -0.15) is 0 Å². The van der Waals surface area contributed by atoms with Crippen molar-refractivity contribution in [2.24, 2.45) is 0 Å². The van der Waals surface area contributed by atoms with Crippen LogP contribution in [0.3, 0.4) is 0 Å². The van der Waals surface area contributed by atoms with Gasteiger partial charge in [0.15, 0.2) is 18.1 Å². The van der Waals surface area contributed by atoms with E-state index in [0.29, 0.717) is 10.0 Å². The Balaban J connectivity index is 1.67. The normalized spacial score (nSPS) is 10.5. The van der Waals surface area contributed by atoms with Crippen LogP contribution in [0.4, 0.5) is 0 Å². The number of carbonyl (C=O) groups is 2. The Morgan fingerprint density at radius 3 is 2.68 bits per heavy atom. The van der Waals surface area contributed by atoms with E-state index in [1.165, 1.54) is 30.8 Å². The van der Waals surface area contributed by atoms with Gasteiger partial charge in [0.2, 0.25) is 0 Å². The maximum Gasteiger partial charge on any atom is 0.358 e. The minimum absolute atomic E-state index is 0.182. The molecule has 0 aliphatic rings. The average molecular weight is 378 g/mol. The molecule has 3 rings (SSSR count). The number of rotatable bonds is 5. The first kappa shape index (κ1) is 17.2. The third-order valence-electron chi connectivity index (χ3n) is 3.29. The maximum absolute atomic E-state index is 12.1. The summed E-state index contributed by atoms with van der Waals surface area (Å²) < 4.78 is 14.9. The predicted molar refractivity (Wildman–Crippen MR) is 91.7 cm³/mol. The van der Waals surface area contributed by atoms with E-state index in [4.69, 9.17) is 20.8 Å². The summed E-state index contributed by atoms with van der Waals surface area (Å²) in [6.07, 6.45) is 1.33. The zero-order valence-electron chi connectivity index (χ0n) is 13.0. The van der Waals surface area contributed by atoms with E-state index in [2.05, 4.69) is 9.72 Å². The summed E-state index contributed by atoms with van der Waals surface area (Å²) in [7, 11) is 1.26. The van der Waals surface area contributed by atoms with E-state index >= 15 is 0 Å². The van der Waals surface area contributed by atoms with Crippen LogP contribution in [-0.2, 0) is 16.1 Å². The molecule has 0 bridgehead atoms. The number of nitrogens with zero attached hydrogens (tertiary/aromatic N) is 1. The van der Waals surface area contributed by atoms with Crippen LogP contribution < -0.4 is 0 Å². The molecule has 0 radical (unpaired) electrons. The minimum atomic E-state index is -0.608. The first-order valence-corrected chi connectivity index (χ1v) is 8.37. The molecule has 0 aliphatic carbocycles. The summed E-state index contributed by atoms with van der Waals surface area (Å²) in [5, 5.41) is 2.91. The van der Waals surface area contributed by atoms with Crippen molar-refractivity contribution in [3.63, 3.8) is 0 Å². The molecule has 0 unspecified atom stereocenters. The van der Waals surface area contributed by atoms with E-state index in [1.807, 2.05) is 12.1 Å². The van der Waals surface area contributed by atoms with E-state index in [9.17, 15) is 9.59 Å². The van der Waals surface area contributed by atoms with Crippen LogP contribution >= 0.6 is 22.9 Å². The molecule has 2 aromatic heterocycles. The van der Waals surface area contributed by atoms with Gasteiger partial charge in [-0.05, 0) is 18.2 Å². The van der Waals surface area contributed by atoms with Crippen molar-refractivity contribution < 1.29 is 23.5 Å². The van der Waals surface area contributed by atoms with E-state index < -0.39 is 11.9 Å².